The van der Waals surface area contributed by atoms with E-state index in [0.717, 1.165) is 80.9 Å². The summed E-state index contributed by atoms with van der Waals surface area (Å²) in [5.41, 5.74) is 5.13. The van der Waals surface area contributed by atoms with E-state index in [0.29, 0.717) is 35.1 Å². The van der Waals surface area contributed by atoms with Crippen molar-refractivity contribution in [3.05, 3.63) is 75.3 Å². The Hall–Kier alpha value is -3.34. The van der Waals surface area contributed by atoms with Crippen molar-refractivity contribution in [2.45, 2.75) is 117 Å². The maximum absolute atomic E-state index is 11.5. The lowest BCUT2D eigenvalue weighted by Crippen LogP contribution is -2.13. The summed E-state index contributed by atoms with van der Waals surface area (Å²) in [4.78, 5) is 0. The molecule has 3 aromatic rings. The molecule has 0 aromatic heterocycles. The van der Waals surface area contributed by atoms with Gasteiger partial charge >= 0.3 is 0 Å². The normalized spacial score (nSPS) is 11.7. The predicted octanol–water partition coefficient (Wildman–Crippen LogP) is 8.94. The quantitative estimate of drug-likeness (QED) is 0.126. The maximum Gasteiger partial charge on any atom is 0.122 e. The van der Waals surface area contributed by atoms with Gasteiger partial charge in [0.25, 0.3) is 0 Å². The van der Waals surface area contributed by atoms with Gasteiger partial charge in [-0.15, -0.1) is 0 Å². The summed E-state index contributed by atoms with van der Waals surface area (Å²) in [6, 6.07) is 10.5. The molecule has 0 aliphatic rings. The van der Waals surface area contributed by atoms with E-state index in [1.165, 1.54) is 12.1 Å². The Bertz CT molecular complexity index is 1210. The Morgan fingerprint density at radius 1 is 0.463 bits per heavy atom. The predicted molar refractivity (Wildman–Crippen MR) is 168 cm³/mol. The van der Waals surface area contributed by atoms with Crippen LogP contribution >= 0.6 is 0 Å². The number of hydrogen-bond donors (Lipinski definition) is 5. The Morgan fingerprint density at radius 3 is 1.22 bits per heavy atom. The zero-order valence-electron chi connectivity index (χ0n) is 25.7. The third-order valence-electron chi connectivity index (χ3n) is 8.05. The highest BCUT2D eigenvalue weighted by Gasteiger charge is 2.21. The van der Waals surface area contributed by atoms with Gasteiger partial charge < -0.3 is 25.5 Å². The highest BCUT2D eigenvalue weighted by molar-refractivity contribution is 5.54. The molecule has 224 valence electrons. The van der Waals surface area contributed by atoms with E-state index >= 15 is 0 Å². The Morgan fingerprint density at radius 2 is 0.854 bits per heavy atom. The number of hydrogen-bond acceptors (Lipinski definition) is 5. The molecule has 0 aliphatic carbocycles. The Labute approximate surface area is 246 Å². The third-order valence-corrected chi connectivity index (χ3v) is 8.05. The first-order chi connectivity index (χ1) is 19.4. The fourth-order valence-electron chi connectivity index (χ4n) is 5.39. The number of aryl methyl sites for hydroxylation is 2. The van der Waals surface area contributed by atoms with Crippen LogP contribution in [0.5, 0.6) is 28.7 Å². The maximum atomic E-state index is 11.5. The molecule has 0 amide bonds. The highest BCUT2D eigenvalue weighted by Crippen LogP contribution is 2.38. The molecule has 5 heteroatoms. The van der Waals surface area contributed by atoms with Gasteiger partial charge in [-0.25, -0.2) is 0 Å². The second-order valence-electron chi connectivity index (χ2n) is 12.6. The molecule has 0 radical (unpaired) electrons. The van der Waals surface area contributed by atoms with Crippen LogP contribution in [0.2, 0.25) is 0 Å². The van der Waals surface area contributed by atoms with Gasteiger partial charge in [0.1, 0.15) is 28.7 Å². The number of benzene rings is 3. The minimum atomic E-state index is -0.194. The van der Waals surface area contributed by atoms with Crippen LogP contribution in [0, 0.1) is 0 Å². The fraction of sp³-hybridized carbons (Fsp3) is 0.500. The van der Waals surface area contributed by atoms with Gasteiger partial charge in [0.15, 0.2) is 0 Å². The SMILES string of the molecule is CCCCCCc1cc(Cc2cc(C(C)(C)C)cc(Cc3cc(CCCCCC)c(O)cc3O)c2O)c(O)cc1O. The second kappa shape index (κ2) is 14.5. The number of phenols is 5. The molecule has 0 saturated heterocycles. The summed E-state index contributed by atoms with van der Waals surface area (Å²) in [6.45, 7) is 10.7. The molecule has 0 fully saturated rings. The van der Waals surface area contributed by atoms with Gasteiger partial charge in [-0.3, -0.25) is 0 Å². The lowest BCUT2D eigenvalue weighted by Gasteiger charge is -2.23. The zero-order valence-corrected chi connectivity index (χ0v) is 25.7. The van der Waals surface area contributed by atoms with Crippen molar-refractivity contribution in [2.24, 2.45) is 0 Å². The zero-order chi connectivity index (χ0) is 30.2. The van der Waals surface area contributed by atoms with Crippen LogP contribution in [-0.2, 0) is 31.1 Å². The van der Waals surface area contributed by atoms with Crippen LogP contribution in [0.25, 0.3) is 0 Å². The van der Waals surface area contributed by atoms with E-state index in [-0.39, 0.29) is 34.2 Å². The summed E-state index contributed by atoms with van der Waals surface area (Å²) in [5, 5.41) is 53.8. The van der Waals surface area contributed by atoms with Crippen molar-refractivity contribution in [3.63, 3.8) is 0 Å². The van der Waals surface area contributed by atoms with Crippen LogP contribution < -0.4 is 0 Å². The van der Waals surface area contributed by atoms with Gasteiger partial charge in [0.05, 0.1) is 0 Å². The molecule has 5 nitrogen and oxygen atoms in total. The smallest absolute Gasteiger partial charge is 0.122 e. The van der Waals surface area contributed by atoms with Gasteiger partial charge in [-0.1, -0.05) is 85.3 Å². The van der Waals surface area contributed by atoms with Crippen molar-refractivity contribution in [2.75, 3.05) is 0 Å². The molecule has 5 N–H and O–H groups in total. The number of aromatic hydroxyl groups is 5. The Kier molecular flexibility index (Phi) is 11.4. The molecule has 0 unspecified atom stereocenters. The van der Waals surface area contributed by atoms with Crippen molar-refractivity contribution < 1.29 is 25.5 Å². The van der Waals surface area contributed by atoms with Crippen LogP contribution in [0.3, 0.4) is 0 Å². The van der Waals surface area contributed by atoms with E-state index in [1.807, 2.05) is 24.3 Å². The minimum Gasteiger partial charge on any atom is -0.508 e. The van der Waals surface area contributed by atoms with E-state index < -0.39 is 0 Å². The molecule has 0 saturated carbocycles. The largest absolute Gasteiger partial charge is 0.508 e. The molecule has 0 atom stereocenters. The first-order valence-corrected chi connectivity index (χ1v) is 15.4. The molecule has 0 aliphatic heterocycles. The minimum absolute atomic E-state index is 0.00538. The standard InChI is InChI=1S/C36H50O5/c1-6-8-10-12-14-24-16-26(33(39)22-31(24)37)18-28-20-30(36(3,4)5)21-29(35(28)41)19-27-17-25(15-13-11-9-7-2)32(38)23-34(27)40/h16-17,20-23,37-41H,6-15,18-19H2,1-5H3. The number of unbranched alkanes of at least 4 members (excludes halogenated alkanes) is 6. The van der Waals surface area contributed by atoms with E-state index in [4.69, 9.17) is 0 Å². The average Bonchev–Trinajstić information content (AvgIpc) is 2.90. The second-order valence-corrected chi connectivity index (χ2v) is 12.6. The first kappa shape index (κ1) is 32.2. The van der Waals surface area contributed by atoms with Crippen LogP contribution in [0.1, 0.15) is 125 Å². The fourth-order valence-corrected chi connectivity index (χ4v) is 5.39. The van der Waals surface area contributed by atoms with Gasteiger partial charge in [0.2, 0.25) is 0 Å². The van der Waals surface area contributed by atoms with Gasteiger partial charge in [0, 0.05) is 25.0 Å². The topological polar surface area (TPSA) is 101 Å². The molecule has 41 heavy (non-hydrogen) atoms. The Balaban J connectivity index is 1.97. The molecular weight excluding hydrogens is 512 g/mol. The molecule has 0 bridgehead atoms. The lowest BCUT2D eigenvalue weighted by molar-refractivity contribution is 0.440. The van der Waals surface area contributed by atoms with Gasteiger partial charge in [-0.05, 0) is 82.2 Å². The third kappa shape index (κ3) is 8.82. The number of rotatable bonds is 14. The molecule has 0 heterocycles. The van der Waals surface area contributed by atoms with Crippen LogP contribution in [0.4, 0.5) is 0 Å². The average molecular weight is 563 g/mol. The van der Waals surface area contributed by atoms with Crippen molar-refractivity contribution in [3.8, 4) is 28.7 Å². The highest BCUT2D eigenvalue weighted by atomic mass is 16.3. The molecule has 0 spiro atoms. The van der Waals surface area contributed by atoms with Crippen molar-refractivity contribution in [1.82, 2.24) is 0 Å². The summed E-state index contributed by atoms with van der Waals surface area (Å²) < 4.78 is 0. The van der Waals surface area contributed by atoms with Crippen LogP contribution in [-0.4, -0.2) is 25.5 Å². The monoisotopic (exact) mass is 562 g/mol. The summed E-state index contributed by atoms with van der Waals surface area (Å²) in [6.07, 6.45) is 10.8. The number of phenolic OH excluding ortho intramolecular Hbond substituents is 5. The summed E-state index contributed by atoms with van der Waals surface area (Å²) in [7, 11) is 0. The van der Waals surface area contributed by atoms with E-state index in [2.05, 4.69) is 34.6 Å². The van der Waals surface area contributed by atoms with E-state index in [9.17, 15) is 25.5 Å². The van der Waals surface area contributed by atoms with E-state index in [1.54, 1.807) is 0 Å². The lowest BCUT2D eigenvalue weighted by atomic mass is 9.82. The van der Waals surface area contributed by atoms with Crippen molar-refractivity contribution in [1.29, 1.82) is 0 Å². The first-order valence-electron chi connectivity index (χ1n) is 15.4. The molecule has 3 rings (SSSR count). The molecule has 3 aromatic carbocycles. The van der Waals surface area contributed by atoms with Crippen molar-refractivity contribution >= 4 is 0 Å². The van der Waals surface area contributed by atoms with Gasteiger partial charge in [-0.2, -0.15) is 0 Å². The summed E-state index contributed by atoms with van der Waals surface area (Å²) >= 11 is 0. The molecular formula is C36H50O5. The summed E-state index contributed by atoms with van der Waals surface area (Å²) in [5.74, 6) is 0.345. The van der Waals surface area contributed by atoms with Crippen LogP contribution in [0.15, 0.2) is 36.4 Å².